The van der Waals surface area contributed by atoms with Gasteiger partial charge in [0, 0.05) is 12.0 Å². The molecule has 1 aromatic carbocycles. The zero-order valence-electron chi connectivity index (χ0n) is 13.2. The van der Waals surface area contributed by atoms with Crippen molar-refractivity contribution in [2.24, 2.45) is 5.92 Å². The molecule has 1 aromatic rings. The van der Waals surface area contributed by atoms with Gasteiger partial charge in [0.1, 0.15) is 0 Å². The molecule has 1 rings (SSSR count). The summed E-state index contributed by atoms with van der Waals surface area (Å²) in [5.74, 6) is 0.0542. The third-order valence-electron chi connectivity index (χ3n) is 2.66. The minimum absolute atomic E-state index is 0.0246. The molecule has 7 nitrogen and oxygen atoms in total. The molecular formula is C14H22N2O5S. The lowest BCUT2D eigenvalue weighted by Gasteiger charge is -2.14. The molecule has 0 atom stereocenters. The van der Waals surface area contributed by atoms with E-state index in [2.05, 4.69) is 10.3 Å². The SMILES string of the molecule is CCOc1ccc(S(=O)(=O)NNC(=O)C(C)C)cc1OCC. The molecule has 0 aliphatic carbocycles. The van der Waals surface area contributed by atoms with Crippen LogP contribution in [0.1, 0.15) is 27.7 Å². The van der Waals surface area contributed by atoms with Crippen LogP contribution >= 0.6 is 0 Å². The Labute approximate surface area is 131 Å². The Hall–Kier alpha value is -1.80. The molecule has 1 amide bonds. The molecule has 0 radical (unpaired) electrons. The van der Waals surface area contributed by atoms with Crippen LogP contribution in [0, 0.1) is 5.92 Å². The van der Waals surface area contributed by atoms with Crippen molar-refractivity contribution in [1.29, 1.82) is 0 Å². The van der Waals surface area contributed by atoms with Crippen molar-refractivity contribution in [2.45, 2.75) is 32.6 Å². The number of ether oxygens (including phenoxy) is 2. The highest BCUT2D eigenvalue weighted by molar-refractivity contribution is 7.89. The molecule has 0 spiro atoms. The molecule has 0 saturated carbocycles. The summed E-state index contributed by atoms with van der Waals surface area (Å²) in [6.45, 7) is 7.75. The average molecular weight is 330 g/mol. The van der Waals surface area contributed by atoms with Gasteiger partial charge in [-0.25, -0.2) is 8.42 Å². The fourth-order valence-corrected chi connectivity index (χ4v) is 2.38. The third-order valence-corrected chi connectivity index (χ3v) is 3.90. The van der Waals surface area contributed by atoms with Gasteiger partial charge in [0.05, 0.1) is 18.1 Å². The van der Waals surface area contributed by atoms with E-state index in [4.69, 9.17) is 9.47 Å². The van der Waals surface area contributed by atoms with Gasteiger partial charge in [-0.05, 0) is 26.0 Å². The highest BCUT2D eigenvalue weighted by Crippen LogP contribution is 2.30. The van der Waals surface area contributed by atoms with E-state index in [0.29, 0.717) is 24.7 Å². The fraction of sp³-hybridized carbons (Fsp3) is 0.500. The highest BCUT2D eigenvalue weighted by atomic mass is 32.2. The first-order valence-corrected chi connectivity index (χ1v) is 8.51. The number of hydrogen-bond acceptors (Lipinski definition) is 5. The molecular weight excluding hydrogens is 308 g/mol. The first kappa shape index (κ1) is 18.2. The van der Waals surface area contributed by atoms with E-state index in [1.54, 1.807) is 20.8 Å². The molecule has 0 aromatic heterocycles. The number of sulfonamides is 1. The lowest BCUT2D eigenvalue weighted by atomic mass is 10.2. The molecule has 22 heavy (non-hydrogen) atoms. The van der Waals surface area contributed by atoms with Gasteiger partial charge in [-0.3, -0.25) is 10.2 Å². The number of amides is 1. The van der Waals surface area contributed by atoms with Crippen LogP contribution in [0.15, 0.2) is 23.1 Å². The van der Waals surface area contributed by atoms with E-state index in [9.17, 15) is 13.2 Å². The first-order valence-electron chi connectivity index (χ1n) is 7.03. The molecule has 0 aliphatic heterocycles. The summed E-state index contributed by atoms with van der Waals surface area (Å²) >= 11 is 0. The Kier molecular flexibility index (Phi) is 6.63. The van der Waals surface area contributed by atoms with Gasteiger partial charge in [-0.1, -0.05) is 13.8 Å². The second-order valence-corrected chi connectivity index (χ2v) is 6.41. The number of hydrazine groups is 1. The average Bonchev–Trinajstić information content (AvgIpc) is 2.47. The lowest BCUT2D eigenvalue weighted by molar-refractivity contribution is -0.124. The summed E-state index contributed by atoms with van der Waals surface area (Å²) in [5.41, 5.74) is 2.16. The van der Waals surface area contributed by atoms with Crippen LogP contribution in [0.4, 0.5) is 0 Å². The van der Waals surface area contributed by atoms with Crippen LogP contribution in [-0.4, -0.2) is 27.5 Å². The normalized spacial score (nSPS) is 11.3. The second kappa shape index (κ2) is 8.00. The van der Waals surface area contributed by atoms with Gasteiger partial charge in [0.2, 0.25) is 5.91 Å². The standard InChI is InChI=1S/C14H22N2O5S/c1-5-20-12-8-7-11(9-13(12)21-6-2)22(18,19)16-15-14(17)10(3)4/h7-10,16H,5-6H2,1-4H3,(H,15,17). The molecule has 8 heteroatoms. The molecule has 124 valence electrons. The summed E-state index contributed by atoms with van der Waals surface area (Å²) in [6.07, 6.45) is 0. The number of carbonyl (C=O) groups excluding carboxylic acids is 1. The Morgan fingerprint density at radius 3 is 2.27 bits per heavy atom. The Bertz CT molecular complexity index is 614. The minimum Gasteiger partial charge on any atom is -0.490 e. The van der Waals surface area contributed by atoms with Crippen molar-refractivity contribution >= 4 is 15.9 Å². The topological polar surface area (TPSA) is 93.7 Å². The van der Waals surface area contributed by atoms with Crippen LogP contribution in [0.5, 0.6) is 11.5 Å². The number of rotatable bonds is 8. The van der Waals surface area contributed by atoms with E-state index in [-0.39, 0.29) is 10.8 Å². The molecule has 0 aliphatic rings. The maximum Gasteiger partial charge on any atom is 0.257 e. The second-order valence-electron chi connectivity index (χ2n) is 4.72. The van der Waals surface area contributed by atoms with E-state index in [1.807, 2.05) is 6.92 Å². The molecule has 0 heterocycles. The van der Waals surface area contributed by atoms with Crippen LogP contribution in [-0.2, 0) is 14.8 Å². The zero-order valence-corrected chi connectivity index (χ0v) is 14.0. The number of nitrogens with one attached hydrogen (secondary N) is 2. The summed E-state index contributed by atoms with van der Waals surface area (Å²) in [4.78, 5) is 13.5. The van der Waals surface area contributed by atoms with E-state index in [0.717, 1.165) is 0 Å². The van der Waals surface area contributed by atoms with Crippen LogP contribution in [0.3, 0.4) is 0 Å². The van der Waals surface area contributed by atoms with Gasteiger partial charge in [-0.2, -0.15) is 0 Å². The summed E-state index contributed by atoms with van der Waals surface area (Å²) in [5, 5.41) is 0. The van der Waals surface area contributed by atoms with Crippen molar-refractivity contribution < 1.29 is 22.7 Å². The number of carbonyl (C=O) groups is 1. The van der Waals surface area contributed by atoms with Crippen molar-refractivity contribution in [2.75, 3.05) is 13.2 Å². The Morgan fingerprint density at radius 1 is 1.14 bits per heavy atom. The van der Waals surface area contributed by atoms with Crippen LogP contribution in [0.25, 0.3) is 0 Å². The molecule has 0 bridgehead atoms. The quantitative estimate of drug-likeness (QED) is 0.704. The van der Waals surface area contributed by atoms with Gasteiger partial charge in [-0.15, -0.1) is 4.83 Å². The predicted molar refractivity (Wildman–Crippen MR) is 82.1 cm³/mol. The zero-order chi connectivity index (χ0) is 16.8. The largest absolute Gasteiger partial charge is 0.490 e. The number of hydrogen-bond donors (Lipinski definition) is 2. The maximum atomic E-state index is 12.2. The van der Waals surface area contributed by atoms with Gasteiger partial charge in [0.25, 0.3) is 10.0 Å². The smallest absolute Gasteiger partial charge is 0.257 e. The lowest BCUT2D eigenvalue weighted by Crippen LogP contribution is -2.43. The minimum atomic E-state index is -3.88. The maximum absolute atomic E-state index is 12.2. The van der Waals surface area contributed by atoms with Gasteiger partial charge < -0.3 is 9.47 Å². The summed E-state index contributed by atoms with van der Waals surface area (Å²) in [6, 6.07) is 4.27. The van der Waals surface area contributed by atoms with E-state index < -0.39 is 15.9 Å². The van der Waals surface area contributed by atoms with Crippen LogP contribution < -0.4 is 19.7 Å². The molecule has 0 unspecified atom stereocenters. The molecule has 2 N–H and O–H groups in total. The first-order chi connectivity index (χ1) is 10.3. The van der Waals surface area contributed by atoms with E-state index in [1.165, 1.54) is 18.2 Å². The van der Waals surface area contributed by atoms with Crippen molar-refractivity contribution in [3.63, 3.8) is 0 Å². The van der Waals surface area contributed by atoms with Gasteiger partial charge in [0.15, 0.2) is 11.5 Å². The van der Waals surface area contributed by atoms with Crippen molar-refractivity contribution in [3.05, 3.63) is 18.2 Å². The fourth-order valence-electron chi connectivity index (χ4n) is 1.52. The van der Waals surface area contributed by atoms with E-state index >= 15 is 0 Å². The Morgan fingerprint density at radius 2 is 1.73 bits per heavy atom. The highest BCUT2D eigenvalue weighted by Gasteiger charge is 2.19. The van der Waals surface area contributed by atoms with Crippen molar-refractivity contribution in [3.8, 4) is 11.5 Å². The Balaban J connectivity index is 2.99. The predicted octanol–water partition coefficient (Wildman–Crippen LogP) is 1.45. The van der Waals surface area contributed by atoms with Crippen LogP contribution in [0.2, 0.25) is 0 Å². The monoisotopic (exact) mass is 330 g/mol. The molecule has 0 saturated heterocycles. The number of benzene rings is 1. The summed E-state index contributed by atoms with van der Waals surface area (Å²) < 4.78 is 35.1. The summed E-state index contributed by atoms with van der Waals surface area (Å²) in [7, 11) is -3.88. The molecule has 0 fully saturated rings. The van der Waals surface area contributed by atoms with Crippen molar-refractivity contribution in [1.82, 2.24) is 10.3 Å². The third kappa shape index (κ3) is 4.88. The van der Waals surface area contributed by atoms with Gasteiger partial charge >= 0.3 is 0 Å².